The van der Waals surface area contributed by atoms with Gasteiger partial charge in [-0.3, -0.25) is 4.79 Å². The molecule has 1 amide bonds. The van der Waals surface area contributed by atoms with Crippen LogP contribution in [0.25, 0.3) is 5.69 Å². The minimum absolute atomic E-state index is 0.177. The number of amides is 1. The monoisotopic (exact) mass is 331 g/mol. The predicted molar refractivity (Wildman–Crippen MR) is 88.8 cm³/mol. The summed E-state index contributed by atoms with van der Waals surface area (Å²) in [4.78, 5) is 14.3. The van der Waals surface area contributed by atoms with Gasteiger partial charge in [-0.2, -0.15) is 5.10 Å². The molecular weight excluding hydrogens is 309 g/mol. The van der Waals surface area contributed by atoms with E-state index < -0.39 is 6.10 Å². The Morgan fingerprint density at radius 3 is 2.88 bits per heavy atom. The van der Waals surface area contributed by atoms with E-state index in [-0.39, 0.29) is 11.7 Å². The van der Waals surface area contributed by atoms with Gasteiger partial charge in [0.1, 0.15) is 11.5 Å². The second-order valence-electron chi connectivity index (χ2n) is 6.36. The molecule has 1 N–H and O–H groups in total. The highest BCUT2D eigenvalue weighted by Gasteiger charge is 2.29. The van der Waals surface area contributed by atoms with Gasteiger partial charge in [-0.1, -0.05) is 12.1 Å². The van der Waals surface area contributed by atoms with Crippen LogP contribution in [-0.4, -0.2) is 45.4 Å². The number of halogens is 1. The van der Waals surface area contributed by atoms with E-state index in [1.165, 1.54) is 6.07 Å². The molecule has 0 fully saturated rings. The van der Waals surface area contributed by atoms with Crippen molar-refractivity contribution in [1.82, 2.24) is 14.7 Å². The molecule has 0 bridgehead atoms. The number of carbonyl (C=O) groups excluding carboxylic acids is 1. The summed E-state index contributed by atoms with van der Waals surface area (Å²) in [6.45, 7) is 2.15. The number of hydrogen-bond donors (Lipinski definition) is 1. The summed E-state index contributed by atoms with van der Waals surface area (Å²) >= 11 is 0. The molecule has 1 heterocycles. The zero-order valence-electron chi connectivity index (χ0n) is 14.0. The Kier molecular flexibility index (Phi) is 4.66. The lowest BCUT2D eigenvalue weighted by Gasteiger charge is -2.17. The van der Waals surface area contributed by atoms with Crippen molar-refractivity contribution in [3.8, 4) is 5.69 Å². The highest BCUT2D eigenvalue weighted by Crippen LogP contribution is 2.29. The Hall–Kier alpha value is -2.21. The first kappa shape index (κ1) is 16.6. The lowest BCUT2D eigenvalue weighted by Crippen LogP contribution is -2.30. The second kappa shape index (κ2) is 6.73. The van der Waals surface area contributed by atoms with Crippen LogP contribution in [0.3, 0.4) is 0 Å². The fourth-order valence-corrected chi connectivity index (χ4v) is 3.09. The lowest BCUT2D eigenvalue weighted by molar-refractivity contribution is 0.0761. The molecule has 1 aromatic heterocycles. The largest absolute Gasteiger partial charge is 0.393 e. The molecule has 0 radical (unpaired) electrons. The van der Waals surface area contributed by atoms with Crippen LogP contribution in [0.1, 0.15) is 41.5 Å². The van der Waals surface area contributed by atoms with Gasteiger partial charge in [0, 0.05) is 24.8 Å². The number of para-hydroxylation sites is 1. The Balaban J connectivity index is 1.95. The van der Waals surface area contributed by atoms with Crippen molar-refractivity contribution in [1.29, 1.82) is 0 Å². The summed E-state index contributed by atoms with van der Waals surface area (Å²) in [5, 5.41) is 13.8. The fraction of sp³-hybridized carbons (Fsp3) is 0.444. The first-order valence-electron chi connectivity index (χ1n) is 8.28. The second-order valence-corrected chi connectivity index (χ2v) is 6.36. The normalized spacial score (nSPS) is 14.5. The minimum atomic E-state index is -0.457. The molecule has 0 saturated carbocycles. The number of fused-ring (bicyclic) bond motifs is 1. The third kappa shape index (κ3) is 3.06. The van der Waals surface area contributed by atoms with Gasteiger partial charge in [-0.05, 0) is 44.7 Å². The van der Waals surface area contributed by atoms with Crippen LogP contribution in [0.4, 0.5) is 4.39 Å². The van der Waals surface area contributed by atoms with E-state index in [0.29, 0.717) is 24.3 Å². The summed E-state index contributed by atoms with van der Waals surface area (Å²) in [6, 6.07) is 6.47. The fourth-order valence-electron chi connectivity index (χ4n) is 3.09. The molecule has 2 aromatic rings. The predicted octanol–water partition coefficient (Wildman–Crippen LogP) is 2.34. The highest BCUT2D eigenvalue weighted by molar-refractivity contribution is 5.94. The molecule has 1 aromatic carbocycles. The van der Waals surface area contributed by atoms with Gasteiger partial charge in [0.2, 0.25) is 0 Å². The zero-order chi connectivity index (χ0) is 17.3. The Morgan fingerprint density at radius 1 is 1.42 bits per heavy atom. The molecule has 3 rings (SSSR count). The molecule has 24 heavy (non-hydrogen) atoms. The molecule has 1 aliphatic carbocycles. The SMILES string of the molecule is CC(O)CCN(C)C(=O)c1nn(-c2ccccc2F)c2c1CCC2. The lowest BCUT2D eigenvalue weighted by atomic mass is 10.1. The molecule has 128 valence electrons. The quantitative estimate of drug-likeness (QED) is 0.915. The van der Waals surface area contributed by atoms with E-state index in [2.05, 4.69) is 5.10 Å². The van der Waals surface area contributed by atoms with Crippen molar-refractivity contribution >= 4 is 5.91 Å². The number of hydrogen-bond acceptors (Lipinski definition) is 3. The summed E-state index contributed by atoms with van der Waals surface area (Å²) in [6.07, 6.45) is 2.58. The van der Waals surface area contributed by atoms with Crippen LogP contribution in [-0.2, 0) is 12.8 Å². The van der Waals surface area contributed by atoms with E-state index in [4.69, 9.17) is 0 Å². The maximum absolute atomic E-state index is 14.1. The number of nitrogens with zero attached hydrogens (tertiary/aromatic N) is 3. The average molecular weight is 331 g/mol. The van der Waals surface area contributed by atoms with Gasteiger partial charge in [0.25, 0.3) is 5.91 Å². The molecule has 1 aliphatic rings. The maximum atomic E-state index is 14.1. The smallest absolute Gasteiger partial charge is 0.274 e. The summed E-state index contributed by atoms with van der Waals surface area (Å²) < 4.78 is 15.7. The van der Waals surface area contributed by atoms with Gasteiger partial charge in [0.15, 0.2) is 5.69 Å². The first-order chi connectivity index (χ1) is 11.5. The minimum Gasteiger partial charge on any atom is -0.393 e. The van der Waals surface area contributed by atoms with Crippen molar-refractivity contribution in [3.05, 3.63) is 47.0 Å². The number of aliphatic hydroxyl groups is 1. The average Bonchev–Trinajstić information content (AvgIpc) is 3.15. The number of aliphatic hydroxyl groups excluding tert-OH is 1. The van der Waals surface area contributed by atoms with Crippen molar-refractivity contribution in [3.63, 3.8) is 0 Å². The van der Waals surface area contributed by atoms with E-state index in [9.17, 15) is 14.3 Å². The Labute approximate surface area is 140 Å². The third-order valence-corrected chi connectivity index (χ3v) is 4.44. The zero-order valence-corrected chi connectivity index (χ0v) is 14.0. The van der Waals surface area contributed by atoms with E-state index in [0.717, 1.165) is 30.5 Å². The van der Waals surface area contributed by atoms with Gasteiger partial charge in [-0.25, -0.2) is 9.07 Å². The first-order valence-corrected chi connectivity index (χ1v) is 8.28. The van der Waals surface area contributed by atoms with Gasteiger partial charge in [0.05, 0.1) is 6.10 Å². The summed E-state index contributed by atoms with van der Waals surface area (Å²) in [5.74, 6) is -0.528. The molecule has 1 unspecified atom stereocenters. The highest BCUT2D eigenvalue weighted by atomic mass is 19.1. The standard InChI is InChI=1S/C18H22FN3O2/c1-12(23)10-11-21(2)18(24)17-13-6-5-9-15(13)22(20-17)16-8-4-3-7-14(16)19/h3-4,7-8,12,23H,5-6,9-11H2,1-2H3. The number of benzene rings is 1. The van der Waals surface area contributed by atoms with Crippen molar-refractivity contribution < 1.29 is 14.3 Å². The van der Waals surface area contributed by atoms with Gasteiger partial charge >= 0.3 is 0 Å². The number of carbonyl (C=O) groups is 1. The van der Waals surface area contributed by atoms with Crippen LogP contribution in [0, 0.1) is 5.82 Å². The van der Waals surface area contributed by atoms with Crippen molar-refractivity contribution in [2.75, 3.05) is 13.6 Å². The Bertz CT molecular complexity index is 755. The van der Waals surface area contributed by atoms with Crippen LogP contribution in [0.15, 0.2) is 24.3 Å². The third-order valence-electron chi connectivity index (χ3n) is 4.44. The van der Waals surface area contributed by atoms with Crippen LogP contribution in [0.5, 0.6) is 0 Å². The van der Waals surface area contributed by atoms with Gasteiger partial charge < -0.3 is 10.0 Å². The molecule has 5 nitrogen and oxygen atoms in total. The maximum Gasteiger partial charge on any atom is 0.274 e. The van der Waals surface area contributed by atoms with Crippen LogP contribution in [0.2, 0.25) is 0 Å². The van der Waals surface area contributed by atoms with E-state index in [1.807, 2.05) is 0 Å². The molecule has 0 saturated heterocycles. The molecule has 0 aliphatic heterocycles. The van der Waals surface area contributed by atoms with Crippen molar-refractivity contribution in [2.45, 2.75) is 38.7 Å². The molecule has 0 spiro atoms. The number of rotatable bonds is 5. The molecular formula is C18H22FN3O2. The molecule has 1 atom stereocenters. The van der Waals surface area contributed by atoms with E-state index in [1.54, 1.807) is 41.8 Å². The van der Waals surface area contributed by atoms with Crippen LogP contribution < -0.4 is 0 Å². The molecule has 6 heteroatoms. The van der Waals surface area contributed by atoms with Crippen LogP contribution >= 0.6 is 0 Å². The Morgan fingerprint density at radius 2 is 2.17 bits per heavy atom. The van der Waals surface area contributed by atoms with Gasteiger partial charge in [-0.15, -0.1) is 0 Å². The summed E-state index contributed by atoms with van der Waals surface area (Å²) in [5.41, 5.74) is 2.62. The van der Waals surface area contributed by atoms with Crippen molar-refractivity contribution in [2.24, 2.45) is 0 Å². The van der Waals surface area contributed by atoms with E-state index >= 15 is 0 Å². The number of aromatic nitrogens is 2. The summed E-state index contributed by atoms with van der Waals surface area (Å²) in [7, 11) is 1.70. The topological polar surface area (TPSA) is 58.4 Å².